The van der Waals surface area contributed by atoms with Gasteiger partial charge in [0, 0.05) is 35.8 Å². The van der Waals surface area contributed by atoms with Crippen molar-refractivity contribution in [2.45, 2.75) is 24.9 Å². The van der Waals surface area contributed by atoms with Crippen molar-refractivity contribution in [1.29, 1.82) is 0 Å². The lowest BCUT2D eigenvalue weighted by Crippen LogP contribution is -2.47. The number of hydrogen-bond acceptors (Lipinski definition) is 4. The molecule has 0 spiro atoms. The first kappa shape index (κ1) is 13.8. The van der Waals surface area contributed by atoms with Gasteiger partial charge in [-0.25, -0.2) is 0 Å². The molecule has 1 saturated heterocycles. The van der Waals surface area contributed by atoms with E-state index in [0.717, 1.165) is 13.0 Å². The summed E-state index contributed by atoms with van der Waals surface area (Å²) < 4.78 is 0. The first-order valence-electron chi connectivity index (χ1n) is 6.81. The fourth-order valence-electron chi connectivity index (χ4n) is 2.60. The smallest absolute Gasteiger partial charge is 0.222 e. The van der Waals surface area contributed by atoms with Crippen LogP contribution in [0.1, 0.15) is 28.6 Å². The summed E-state index contributed by atoms with van der Waals surface area (Å²) in [4.78, 5) is 16.1. The van der Waals surface area contributed by atoms with Crippen LogP contribution in [-0.2, 0) is 4.79 Å². The fraction of sp³-hybridized carbons (Fsp3) is 0.400. The highest BCUT2D eigenvalue weighted by atomic mass is 32.1. The molecule has 1 fully saturated rings. The Morgan fingerprint density at radius 3 is 2.40 bits per heavy atom. The van der Waals surface area contributed by atoms with Gasteiger partial charge in [0.15, 0.2) is 0 Å². The van der Waals surface area contributed by atoms with Crippen molar-refractivity contribution >= 4 is 28.6 Å². The van der Waals surface area contributed by atoms with Crippen LogP contribution < -0.4 is 5.32 Å². The molecule has 1 unspecified atom stereocenters. The molecule has 0 bridgehead atoms. The van der Waals surface area contributed by atoms with Gasteiger partial charge in [-0.15, -0.1) is 22.7 Å². The molecule has 0 saturated carbocycles. The average Bonchev–Trinajstić information content (AvgIpc) is 3.12. The molecule has 0 aliphatic carbocycles. The Kier molecular flexibility index (Phi) is 4.19. The van der Waals surface area contributed by atoms with Crippen LogP contribution in [0.25, 0.3) is 0 Å². The van der Waals surface area contributed by atoms with Crippen LogP contribution in [0.5, 0.6) is 0 Å². The van der Waals surface area contributed by atoms with Crippen LogP contribution in [0.4, 0.5) is 0 Å². The third-order valence-electron chi connectivity index (χ3n) is 3.68. The van der Waals surface area contributed by atoms with E-state index in [2.05, 4.69) is 40.3 Å². The summed E-state index contributed by atoms with van der Waals surface area (Å²) in [5.41, 5.74) is 0. The summed E-state index contributed by atoms with van der Waals surface area (Å²) in [6.07, 6.45) is 1.58. The number of amides is 1. The maximum atomic E-state index is 11.6. The lowest BCUT2D eigenvalue weighted by molar-refractivity contribution is -0.132. The number of carbonyl (C=O) groups excluding carboxylic acids is 1. The van der Waals surface area contributed by atoms with Gasteiger partial charge in [0.05, 0.1) is 6.04 Å². The first-order valence-corrected chi connectivity index (χ1v) is 8.57. The van der Waals surface area contributed by atoms with Gasteiger partial charge in [0.2, 0.25) is 5.91 Å². The molecule has 1 amide bonds. The van der Waals surface area contributed by atoms with Crippen LogP contribution in [-0.4, -0.2) is 30.4 Å². The van der Waals surface area contributed by atoms with Crippen molar-refractivity contribution in [1.82, 2.24) is 10.2 Å². The summed E-state index contributed by atoms with van der Waals surface area (Å²) in [5.74, 6) is 0.256. The molecule has 1 N–H and O–H groups in total. The Bertz CT molecular complexity index is 516. The van der Waals surface area contributed by atoms with E-state index in [0.29, 0.717) is 12.5 Å². The van der Waals surface area contributed by atoms with Crippen molar-refractivity contribution in [3.8, 4) is 0 Å². The van der Waals surface area contributed by atoms with Crippen molar-refractivity contribution < 1.29 is 4.79 Å². The molecule has 0 radical (unpaired) electrons. The van der Waals surface area contributed by atoms with Gasteiger partial charge < -0.3 is 10.2 Å². The Morgan fingerprint density at radius 1 is 1.25 bits per heavy atom. The molecule has 106 valence electrons. The molecule has 0 aromatic carbocycles. The second kappa shape index (κ2) is 6.08. The van der Waals surface area contributed by atoms with Gasteiger partial charge in [-0.1, -0.05) is 12.1 Å². The third-order valence-corrected chi connectivity index (χ3v) is 5.56. The highest BCUT2D eigenvalue weighted by Gasteiger charge is 2.26. The molecule has 2 aromatic heterocycles. The SMILES string of the molecule is CN1CC(NC(c2cccs2)c2cccs2)CCC1=O. The van der Waals surface area contributed by atoms with E-state index in [-0.39, 0.29) is 11.9 Å². The fourth-order valence-corrected chi connectivity index (χ4v) is 4.28. The van der Waals surface area contributed by atoms with Gasteiger partial charge in [0.1, 0.15) is 0 Å². The van der Waals surface area contributed by atoms with E-state index < -0.39 is 0 Å². The standard InChI is InChI=1S/C15H18N2OS2/c1-17-10-11(6-7-14(17)18)16-15(12-4-2-8-19-12)13-5-3-9-20-13/h2-5,8-9,11,15-16H,6-7,10H2,1H3. The maximum absolute atomic E-state index is 11.6. The summed E-state index contributed by atoms with van der Waals surface area (Å²) in [6, 6.07) is 9.17. The predicted molar refractivity (Wildman–Crippen MR) is 84.3 cm³/mol. The number of nitrogens with zero attached hydrogens (tertiary/aromatic N) is 1. The number of likely N-dealkylation sites (N-methyl/N-ethyl adjacent to an activating group) is 1. The Balaban J connectivity index is 1.76. The maximum Gasteiger partial charge on any atom is 0.222 e. The Hall–Kier alpha value is -1.17. The monoisotopic (exact) mass is 306 g/mol. The molecule has 1 atom stereocenters. The molecule has 1 aliphatic rings. The van der Waals surface area contributed by atoms with E-state index >= 15 is 0 Å². The van der Waals surface area contributed by atoms with Crippen LogP contribution in [0.3, 0.4) is 0 Å². The zero-order valence-electron chi connectivity index (χ0n) is 11.4. The van der Waals surface area contributed by atoms with Crippen molar-refractivity contribution in [3.05, 3.63) is 44.8 Å². The highest BCUT2D eigenvalue weighted by molar-refractivity contribution is 7.11. The molecule has 20 heavy (non-hydrogen) atoms. The summed E-state index contributed by atoms with van der Waals surface area (Å²) in [5, 5.41) is 7.98. The zero-order valence-corrected chi connectivity index (χ0v) is 13.0. The van der Waals surface area contributed by atoms with Crippen molar-refractivity contribution in [3.63, 3.8) is 0 Å². The number of likely N-dealkylation sites (tertiary alicyclic amines) is 1. The first-order chi connectivity index (χ1) is 9.74. The molecule has 3 rings (SSSR count). The van der Waals surface area contributed by atoms with Gasteiger partial charge >= 0.3 is 0 Å². The van der Waals surface area contributed by atoms with Crippen molar-refractivity contribution in [2.24, 2.45) is 0 Å². The minimum atomic E-state index is 0.251. The van der Waals surface area contributed by atoms with E-state index in [1.807, 2.05) is 11.9 Å². The molecule has 3 nitrogen and oxygen atoms in total. The van der Waals surface area contributed by atoms with Gasteiger partial charge in [0.25, 0.3) is 0 Å². The molecule has 2 aromatic rings. The quantitative estimate of drug-likeness (QED) is 0.941. The Labute approximate surface area is 127 Å². The molecule has 1 aliphatic heterocycles. The second-order valence-electron chi connectivity index (χ2n) is 5.14. The summed E-state index contributed by atoms with van der Waals surface area (Å²) in [7, 11) is 1.89. The van der Waals surface area contributed by atoms with E-state index in [1.165, 1.54) is 9.75 Å². The van der Waals surface area contributed by atoms with Gasteiger partial charge in [-0.2, -0.15) is 0 Å². The average molecular weight is 306 g/mol. The molecular weight excluding hydrogens is 288 g/mol. The van der Waals surface area contributed by atoms with E-state index in [1.54, 1.807) is 22.7 Å². The number of nitrogens with one attached hydrogen (secondary N) is 1. The van der Waals surface area contributed by atoms with E-state index in [4.69, 9.17) is 0 Å². The zero-order chi connectivity index (χ0) is 13.9. The summed E-state index contributed by atoms with van der Waals surface area (Å²) in [6.45, 7) is 0.798. The Morgan fingerprint density at radius 2 is 1.90 bits per heavy atom. The summed E-state index contributed by atoms with van der Waals surface area (Å²) >= 11 is 3.57. The molecule has 3 heterocycles. The van der Waals surface area contributed by atoms with Crippen LogP contribution in [0.2, 0.25) is 0 Å². The lowest BCUT2D eigenvalue weighted by atomic mass is 10.0. The predicted octanol–water partition coefficient (Wildman–Crippen LogP) is 3.11. The van der Waals surface area contributed by atoms with Gasteiger partial charge in [-0.3, -0.25) is 4.79 Å². The van der Waals surface area contributed by atoms with Crippen molar-refractivity contribution in [2.75, 3.05) is 13.6 Å². The number of thiophene rings is 2. The lowest BCUT2D eigenvalue weighted by Gasteiger charge is -2.32. The van der Waals surface area contributed by atoms with E-state index in [9.17, 15) is 4.79 Å². The topological polar surface area (TPSA) is 32.3 Å². The minimum absolute atomic E-state index is 0.251. The normalized spacial score (nSPS) is 19.8. The van der Waals surface area contributed by atoms with Crippen LogP contribution in [0, 0.1) is 0 Å². The number of carbonyl (C=O) groups is 1. The largest absolute Gasteiger partial charge is 0.344 e. The van der Waals surface area contributed by atoms with Crippen LogP contribution in [0.15, 0.2) is 35.0 Å². The highest BCUT2D eigenvalue weighted by Crippen LogP contribution is 2.30. The number of hydrogen-bond donors (Lipinski definition) is 1. The van der Waals surface area contributed by atoms with Crippen LogP contribution >= 0.6 is 22.7 Å². The second-order valence-corrected chi connectivity index (χ2v) is 7.10. The number of piperidine rings is 1. The number of rotatable bonds is 4. The van der Waals surface area contributed by atoms with Gasteiger partial charge in [-0.05, 0) is 29.3 Å². The molecular formula is C15H18N2OS2. The minimum Gasteiger partial charge on any atom is -0.344 e. The third kappa shape index (κ3) is 2.95. The molecule has 5 heteroatoms.